The summed E-state index contributed by atoms with van der Waals surface area (Å²) in [5, 5.41) is 1.34. The number of nitrogens with zero attached hydrogens (tertiary/aromatic N) is 3. The molecule has 0 saturated carbocycles. The lowest BCUT2D eigenvalue weighted by Gasteiger charge is -2.04. The number of fused-ring (bicyclic) bond motifs is 1. The predicted octanol–water partition coefficient (Wildman–Crippen LogP) is 3.44. The van der Waals surface area contributed by atoms with E-state index in [1.54, 1.807) is 6.20 Å². The molecule has 4 heteroatoms. The van der Waals surface area contributed by atoms with Crippen molar-refractivity contribution in [2.24, 2.45) is 0 Å². The zero-order chi connectivity index (χ0) is 12.5. The van der Waals surface area contributed by atoms with E-state index in [1.165, 1.54) is 5.56 Å². The van der Waals surface area contributed by atoms with E-state index in [9.17, 15) is 0 Å². The smallest absolute Gasteiger partial charge is 0.224 e. The molecule has 2 aromatic heterocycles. The first-order valence-electron chi connectivity index (χ1n) is 5.76. The van der Waals surface area contributed by atoms with Crippen molar-refractivity contribution in [3.05, 3.63) is 59.1 Å². The Bertz CT molecular complexity index is 689. The first-order chi connectivity index (χ1) is 8.74. The van der Waals surface area contributed by atoms with E-state index in [4.69, 9.17) is 11.6 Å². The summed E-state index contributed by atoms with van der Waals surface area (Å²) in [6.45, 7) is 2.85. The lowest BCUT2D eigenvalue weighted by atomic mass is 10.2. The number of rotatable bonds is 2. The van der Waals surface area contributed by atoms with Gasteiger partial charge in [-0.15, -0.1) is 0 Å². The predicted molar refractivity (Wildman–Crippen MR) is 72.8 cm³/mol. The summed E-state index contributed by atoms with van der Waals surface area (Å²) in [4.78, 5) is 8.34. The molecule has 3 rings (SSSR count). The highest BCUT2D eigenvalue weighted by molar-refractivity contribution is 6.28. The third kappa shape index (κ3) is 1.97. The standard InChI is InChI=1S/C14H12ClN3/c1-10-8-18(9-11-5-3-2-4-6-11)13-12(10)7-16-14(15)17-13/h2-8H,9H2,1H3. The molecule has 0 aliphatic heterocycles. The van der Waals surface area contributed by atoms with Gasteiger partial charge in [0.2, 0.25) is 5.28 Å². The quantitative estimate of drug-likeness (QED) is 0.659. The zero-order valence-corrected chi connectivity index (χ0v) is 10.7. The SMILES string of the molecule is Cc1cn(Cc2ccccc2)c2nc(Cl)ncc12. The van der Waals surface area contributed by atoms with E-state index in [1.807, 2.05) is 18.2 Å². The Morgan fingerprint density at radius 3 is 2.78 bits per heavy atom. The van der Waals surface area contributed by atoms with Crippen molar-refractivity contribution >= 4 is 22.6 Å². The molecule has 0 radical (unpaired) electrons. The van der Waals surface area contributed by atoms with Crippen molar-refractivity contribution in [1.82, 2.24) is 14.5 Å². The minimum Gasteiger partial charge on any atom is -0.328 e. The fourth-order valence-corrected chi connectivity index (χ4v) is 2.24. The molecule has 18 heavy (non-hydrogen) atoms. The molecular formula is C14H12ClN3. The Labute approximate surface area is 110 Å². The van der Waals surface area contributed by atoms with Crippen LogP contribution in [0, 0.1) is 6.92 Å². The highest BCUT2D eigenvalue weighted by Gasteiger charge is 2.08. The van der Waals surface area contributed by atoms with E-state index in [0.717, 1.165) is 23.1 Å². The summed E-state index contributed by atoms with van der Waals surface area (Å²) in [5.41, 5.74) is 3.29. The largest absolute Gasteiger partial charge is 0.328 e. The van der Waals surface area contributed by atoms with Gasteiger partial charge in [-0.05, 0) is 29.7 Å². The summed E-state index contributed by atoms with van der Waals surface area (Å²) in [6.07, 6.45) is 3.87. The van der Waals surface area contributed by atoms with E-state index in [-0.39, 0.29) is 5.28 Å². The molecular weight excluding hydrogens is 246 g/mol. The first-order valence-corrected chi connectivity index (χ1v) is 6.14. The first kappa shape index (κ1) is 11.2. The van der Waals surface area contributed by atoms with E-state index in [2.05, 4.69) is 39.8 Å². The second-order valence-corrected chi connectivity index (χ2v) is 4.64. The zero-order valence-electron chi connectivity index (χ0n) is 9.97. The summed E-state index contributed by atoms with van der Waals surface area (Å²) in [5.74, 6) is 0. The molecule has 3 aromatic rings. The monoisotopic (exact) mass is 257 g/mol. The molecule has 0 atom stereocenters. The Kier molecular flexibility index (Phi) is 2.76. The van der Waals surface area contributed by atoms with E-state index >= 15 is 0 Å². The van der Waals surface area contributed by atoms with Gasteiger partial charge in [-0.1, -0.05) is 30.3 Å². The van der Waals surface area contributed by atoms with Gasteiger partial charge in [0.1, 0.15) is 5.65 Å². The van der Waals surface area contributed by atoms with Gasteiger partial charge in [-0.25, -0.2) is 4.98 Å². The molecule has 0 saturated heterocycles. The minimum absolute atomic E-state index is 0.287. The number of benzene rings is 1. The van der Waals surface area contributed by atoms with Gasteiger partial charge in [0, 0.05) is 24.3 Å². The highest BCUT2D eigenvalue weighted by atomic mass is 35.5. The van der Waals surface area contributed by atoms with Crippen molar-refractivity contribution in [3.63, 3.8) is 0 Å². The Balaban J connectivity index is 2.09. The van der Waals surface area contributed by atoms with Crippen molar-refractivity contribution in [2.75, 3.05) is 0 Å². The maximum absolute atomic E-state index is 5.87. The third-order valence-corrected chi connectivity index (χ3v) is 3.16. The molecule has 90 valence electrons. The topological polar surface area (TPSA) is 30.7 Å². The Morgan fingerprint density at radius 1 is 1.22 bits per heavy atom. The van der Waals surface area contributed by atoms with Crippen LogP contribution in [0.4, 0.5) is 0 Å². The fraction of sp³-hybridized carbons (Fsp3) is 0.143. The molecule has 0 fully saturated rings. The summed E-state index contributed by atoms with van der Waals surface area (Å²) in [6, 6.07) is 10.3. The summed E-state index contributed by atoms with van der Waals surface area (Å²) >= 11 is 5.87. The van der Waals surface area contributed by atoms with Crippen LogP contribution in [0.3, 0.4) is 0 Å². The lowest BCUT2D eigenvalue weighted by molar-refractivity contribution is 0.821. The Morgan fingerprint density at radius 2 is 2.00 bits per heavy atom. The van der Waals surface area contributed by atoms with Crippen LogP contribution in [-0.2, 0) is 6.54 Å². The third-order valence-electron chi connectivity index (χ3n) is 2.98. The number of hydrogen-bond donors (Lipinski definition) is 0. The van der Waals surface area contributed by atoms with Gasteiger partial charge >= 0.3 is 0 Å². The summed E-state index contributed by atoms with van der Waals surface area (Å²) in [7, 11) is 0. The van der Waals surface area contributed by atoms with Crippen LogP contribution < -0.4 is 0 Å². The molecule has 1 aromatic carbocycles. The van der Waals surface area contributed by atoms with E-state index < -0.39 is 0 Å². The molecule has 0 spiro atoms. The maximum Gasteiger partial charge on any atom is 0.224 e. The maximum atomic E-state index is 5.87. The van der Waals surface area contributed by atoms with Crippen LogP contribution in [0.15, 0.2) is 42.7 Å². The van der Waals surface area contributed by atoms with Crippen LogP contribution in [0.1, 0.15) is 11.1 Å². The molecule has 0 N–H and O–H groups in total. The average molecular weight is 258 g/mol. The van der Waals surface area contributed by atoms with Gasteiger partial charge < -0.3 is 4.57 Å². The lowest BCUT2D eigenvalue weighted by Crippen LogP contribution is -1.99. The van der Waals surface area contributed by atoms with Crippen molar-refractivity contribution in [2.45, 2.75) is 13.5 Å². The fourth-order valence-electron chi connectivity index (χ4n) is 2.11. The van der Waals surface area contributed by atoms with Crippen LogP contribution >= 0.6 is 11.6 Å². The number of aryl methyl sites for hydroxylation is 1. The summed E-state index contributed by atoms with van der Waals surface area (Å²) < 4.78 is 2.10. The number of halogens is 1. The second kappa shape index (κ2) is 4.42. The van der Waals surface area contributed by atoms with Gasteiger partial charge in [0.05, 0.1) is 0 Å². The number of hydrogen-bond acceptors (Lipinski definition) is 2. The van der Waals surface area contributed by atoms with E-state index in [0.29, 0.717) is 0 Å². The van der Waals surface area contributed by atoms with Gasteiger partial charge in [-0.2, -0.15) is 4.98 Å². The Hall–Kier alpha value is -1.87. The molecule has 0 aliphatic rings. The van der Waals surface area contributed by atoms with Crippen LogP contribution in [0.2, 0.25) is 5.28 Å². The highest BCUT2D eigenvalue weighted by Crippen LogP contribution is 2.20. The van der Waals surface area contributed by atoms with Crippen molar-refractivity contribution in [1.29, 1.82) is 0 Å². The molecule has 0 amide bonds. The average Bonchev–Trinajstić information content (AvgIpc) is 2.67. The van der Waals surface area contributed by atoms with Gasteiger partial charge in [0.15, 0.2) is 0 Å². The molecule has 0 unspecified atom stereocenters. The van der Waals surface area contributed by atoms with Crippen LogP contribution in [0.25, 0.3) is 11.0 Å². The number of aromatic nitrogens is 3. The van der Waals surface area contributed by atoms with Crippen molar-refractivity contribution < 1.29 is 0 Å². The molecule has 3 nitrogen and oxygen atoms in total. The normalized spacial score (nSPS) is 11.0. The second-order valence-electron chi connectivity index (χ2n) is 4.30. The molecule has 0 aliphatic carbocycles. The van der Waals surface area contributed by atoms with Gasteiger partial charge in [0.25, 0.3) is 0 Å². The molecule has 0 bridgehead atoms. The van der Waals surface area contributed by atoms with Gasteiger partial charge in [-0.3, -0.25) is 0 Å². The minimum atomic E-state index is 0.287. The molecule has 2 heterocycles. The van der Waals surface area contributed by atoms with Crippen LogP contribution in [0.5, 0.6) is 0 Å². The van der Waals surface area contributed by atoms with Crippen molar-refractivity contribution in [3.8, 4) is 0 Å². The van der Waals surface area contributed by atoms with Crippen LogP contribution in [-0.4, -0.2) is 14.5 Å².